The molecule has 36 heavy (non-hydrogen) atoms. The van der Waals surface area contributed by atoms with Gasteiger partial charge in [0.05, 0.1) is 58.9 Å². The maximum Gasteiger partial charge on any atom is 0.221 e. The summed E-state index contributed by atoms with van der Waals surface area (Å²) in [5, 5.41) is 10.4. The Kier molecular flexibility index (Phi) is 23.8. The topological polar surface area (TPSA) is 133 Å². The van der Waals surface area contributed by atoms with Crippen molar-refractivity contribution in [3.8, 4) is 0 Å². The Bertz CT molecular complexity index is 600. The largest absolute Gasteiger partial charge is 0.382 e. The zero-order valence-corrected chi connectivity index (χ0v) is 22.6. The number of carbonyl (C=O) groups excluding carboxylic acids is 3. The molecule has 0 saturated heterocycles. The van der Waals surface area contributed by atoms with E-state index < -0.39 is 6.04 Å². The molecule has 0 aromatic carbocycles. The highest BCUT2D eigenvalue weighted by atomic mass is 16.6. The van der Waals surface area contributed by atoms with Crippen molar-refractivity contribution in [3.63, 3.8) is 0 Å². The summed E-state index contributed by atoms with van der Waals surface area (Å²) in [6, 6.07) is -0.523. The Morgan fingerprint density at radius 1 is 0.722 bits per heavy atom. The van der Waals surface area contributed by atoms with Crippen molar-refractivity contribution < 1.29 is 38.1 Å². The maximum absolute atomic E-state index is 12.2. The average Bonchev–Trinajstić information content (AvgIpc) is 2.86. The second-order valence-electron chi connectivity index (χ2n) is 8.52. The molecule has 2 N–H and O–H groups in total. The van der Waals surface area contributed by atoms with Crippen LogP contribution >= 0.6 is 0 Å². The van der Waals surface area contributed by atoms with Crippen LogP contribution < -0.4 is 5.32 Å². The van der Waals surface area contributed by atoms with E-state index in [1.807, 2.05) is 6.92 Å². The van der Waals surface area contributed by atoms with Gasteiger partial charge in [0.1, 0.15) is 5.78 Å². The van der Waals surface area contributed by atoms with Crippen LogP contribution in [-0.4, -0.2) is 95.8 Å². The van der Waals surface area contributed by atoms with E-state index in [-0.39, 0.29) is 30.3 Å². The molecule has 0 aromatic rings. The molecule has 1 amide bonds. The quantitative estimate of drug-likeness (QED) is 0.126. The van der Waals surface area contributed by atoms with Crippen LogP contribution in [0.1, 0.15) is 71.6 Å². The van der Waals surface area contributed by atoms with Gasteiger partial charge in [-0.3, -0.25) is 14.4 Å². The van der Waals surface area contributed by atoms with Gasteiger partial charge in [-0.2, -0.15) is 0 Å². The molecule has 0 spiro atoms. The molecule has 0 aliphatic carbocycles. The summed E-state index contributed by atoms with van der Waals surface area (Å²) in [6.07, 6.45) is 4.82. The Morgan fingerprint density at radius 3 is 1.81 bits per heavy atom. The average molecular weight is 517 g/mol. The molecule has 0 heterocycles. The fourth-order valence-corrected chi connectivity index (χ4v) is 3.16. The minimum atomic E-state index is -0.523. The first-order valence-electron chi connectivity index (χ1n) is 13.1. The number of unbranched alkanes of at least 4 members (excludes halogenated alkanes) is 1. The Morgan fingerprint density at radius 2 is 1.28 bits per heavy atom. The monoisotopic (exact) mass is 516 g/mol. The smallest absolute Gasteiger partial charge is 0.221 e. The predicted molar refractivity (Wildman–Crippen MR) is 138 cm³/mol. The predicted octanol–water partition coefficient (Wildman–Crippen LogP) is 2.89. The van der Waals surface area contributed by atoms with Gasteiger partial charge in [-0.1, -0.05) is 13.3 Å². The van der Waals surface area contributed by atoms with Crippen LogP contribution in [0.5, 0.6) is 0 Å². The van der Waals surface area contributed by atoms with Gasteiger partial charge in [-0.15, -0.1) is 0 Å². The third-order valence-electron chi connectivity index (χ3n) is 5.40. The molecule has 0 radical (unpaired) electrons. The van der Waals surface area contributed by atoms with E-state index in [9.17, 15) is 14.4 Å². The normalized spacial score (nSPS) is 11.9. The standard InChI is InChI=1S/C26H48N2O8/c1-4-23(27)8-5-6-10-25(22(2)29)28-26(31)12-11-24(30)9-7-13-33-16-17-35-20-21-36-19-18-34-15-14-32-3/h25,27H,4-21H2,1-3H3,(H,28,31)/t25-/m0/s1. The van der Waals surface area contributed by atoms with E-state index in [0.717, 1.165) is 25.7 Å². The molecule has 0 unspecified atom stereocenters. The van der Waals surface area contributed by atoms with E-state index in [2.05, 4.69) is 5.32 Å². The number of Topliss-reactive ketones (excluding diaryl/α,β-unsaturated/α-hetero) is 2. The molecule has 0 saturated carbocycles. The molecule has 0 aliphatic heterocycles. The van der Waals surface area contributed by atoms with Gasteiger partial charge in [0.2, 0.25) is 5.91 Å². The highest BCUT2D eigenvalue weighted by Crippen LogP contribution is 2.08. The van der Waals surface area contributed by atoms with Crippen LogP contribution in [-0.2, 0) is 38.1 Å². The van der Waals surface area contributed by atoms with Gasteiger partial charge in [0, 0.05) is 38.7 Å². The lowest BCUT2D eigenvalue weighted by Crippen LogP contribution is -2.39. The Balaban J connectivity index is 3.64. The minimum Gasteiger partial charge on any atom is -0.382 e. The minimum absolute atomic E-state index is 0.00537. The van der Waals surface area contributed by atoms with E-state index in [1.54, 1.807) is 7.11 Å². The van der Waals surface area contributed by atoms with E-state index in [0.29, 0.717) is 84.4 Å². The number of hydrogen-bond acceptors (Lipinski definition) is 9. The zero-order chi connectivity index (χ0) is 26.9. The first kappa shape index (κ1) is 34.3. The summed E-state index contributed by atoms with van der Waals surface area (Å²) in [5.74, 6) is -0.358. The van der Waals surface area contributed by atoms with Crippen molar-refractivity contribution in [2.75, 3.05) is 66.6 Å². The highest BCUT2D eigenvalue weighted by Gasteiger charge is 2.17. The number of rotatable bonds is 27. The van der Waals surface area contributed by atoms with Crippen molar-refractivity contribution >= 4 is 23.2 Å². The van der Waals surface area contributed by atoms with Gasteiger partial charge in [-0.25, -0.2) is 0 Å². The first-order chi connectivity index (χ1) is 17.4. The lowest BCUT2D eigenvalue weighted by atomic mass is 10.0. The van der Waals surface area contributed by atoms with Crippen molar-refractivity contribution in [1.29, 1.82) is 5.41 Å². The summed E-state index contributed by atoms with van der Waals surface area (Å²) in [5.41, 5.74) is 0.702. The summed E-state index contributed by atoms with van der Waals surface area (Å²) in [4.78, 5) is 36.0. The van der Waals surface area contributed by atoms with Crippen molar-refractivity contribution in [1.82, 2.24) is 5.32 Å². The molecule has 0 fully saturated rings. The number of amides is 1. The fraction of sp³-hybridized carbons (Fsp3) is 0.846. The molecule has 10 heteroatoms. The highest BCUT2D eigenvalue weighted by molar-refractivity contribution is 5.89. The van der Waals surface area contributed by atoms with Crippen LogP contribution in [0.15, 0.2) is 0 Å². The van der Waals surface area contributed by atoms with Crippen LogP contribution in [0.3, 0.4) is 0 Å². The molecule has 0 aliphatic rings. The fourth-order valence-electron chi connectivity index (χ4n) is 3.16. The lowest BCUT2D eigenvalue weighted by molar-refractivity contribution is -0.128. The molecule has 0 bridgehead atoms. The van der Waals surface area contributed by atoms with Crippen LogP contribution in [0.4, 0.5) is 0 Å². The number of nitrogens with one attached hydrogen (secondary N) is 2. The Labute approximate surface area is 216 Å². The molecule has 10 nitrogen and oxygen atoms in total. The molecule has 210 valence electrons. The second-order valence-corrected chi connectivity index (χ2v) is 8.52. The van der Waals surface area contributed by atoms with Gasteiger partial charge >= 0.3 is 0 Å². The number of methoxy groups -OCH3 is 1. The van der Waals surface area contributed by atoms with Gasteiger partial charge in [0.25, 0.3) is 0 Å². The molecule has 0 aromatic heterocycles. The van der Waals surface area contributed by atoms with Crippen molar-refractivity contribution in [2.45, 2.75) is 77.7 Å². The van der Waals surface area contributed by atoms with E-state index in [4.69, 9.17) is 29.1 Å². The summed E-state index contributed by atoms with van der Waals surface area (Å²) in [6.45, 7) is 7.94. The van der Waals surface area contributed by atoms with Gasteiger partial charge in [-0.05, 0) is 39.0 Å². The van der Waals surface area contributed by atoms with Gasteiger partial charge in [0.15, 0.2) is 5.78 Å². The number of ether oxygens (including phenoxy) is 5. The van der Waals surface area contributed by atoms with E-state index >= 15 is 0 Å². The number of ketones is 2. The third kappa shape index (κ3) is 22.7. The van der Waals surface area contributed by atoms with Gasteiger partial charge < -0.3 is 34.4 Å². The zero-order valence-electron chi connectivity index (χ0n) is 22.6. The van der Waals surface area contributed by atoms with E-state index in [1.165, 1.54) is 6.92 Å². The molecule has 1 atom stereocenters. The molecule has 0 rings (SSSR count). The summed E-state index contributed by atoms with van der Waals surface area (Å²) < 4.78 is 26.4. The van der Waals surface area contributed by atoms with Crippen LogP contribution in [0.2, 0.25) is 0 Å². The SMILES string of the molecule is CCC(=N)CCCC[C@H](NC(=O)CCC(=O)CCCOCCOCCOCCOCCOC)C(C)=O. The summed E-state index contributed by atoms with van der Waals surface area (Å²) in [7, 11) is 1.63. The van der Waals surface area contributed by atoms with Crippen LogP contribution in [0.25, 0.3) is 0 Å². The number of hydrogen-bond donors (Lipinski definition) is 2. The molecular formula is C26H48N2O8. The Hall–Kier alpha value is -1.72. The first-order valence-corrected chi connectivity index (χ1v) is 13.1. The summed E-state index contributed by atoms with van der Waals surface area (Å²) >= 11 is 0. The van der Waals surface area contributed by atoms with Crippen molar-refractivity contribution in [3.05, 3.63) is 0 Å². The molecular weight excluding hydrogens is 468 g/mol. The maximum atomic E-state index is 12.2. The van der Waals surface area contributed by atoms with Crippen LogP contribution in [0, 0.1) is 5.41 Å². The third-order valence-corrected chi connectivity index (χ3v) is 5.40. The van der Waals surface area contributed by atoms with Crippen molar-refractivity contribution in [2.24, 2.45) is 0 Å². The number of carbonyl (C=O) groups is 3. The second kappa shape index (κ2) is 25.0. The lowest BCUT2D eigenvalue weighted by Gasteiger charge is -2.16.